The third kappa shape index (κ3) is 2.50. The Morgan fingerprint density at radius 1 is 1.13 bits per heavy atom. The molecule has 0 aliphatic carbocycles. The number of hydrogen-bond donors (Lipinski definition) is 3. The zero-order valence-corrected chi connectivity index (χ0v) is 11.4. The molecule has 0 aliphatic rings. The lowest BCUT2D eigenvalue weighted by Crippen LogP contribution is -2.14. The number of benzene rings is 1. The van der Waals surface area contributed by atoms with Crippen LogP contribution < -0.4 is 5.32 Å². The first kappa shape index (κ1) is 14.3. The smallest absolute Gasteiger partial charge is 0.432 e. The number of carboxylic acids is 1. The summed E-state index contributed by atoms with van der Waals surface area (Å²) in [7, 11) is 0. The highest BCUT2D eigenvalue weighted by atomic mass is 16.4. The predicted molar refractivity (Wildman–Crippen MR) is 76.8 cm³/mol. The van der Waals surface area contributed by atoms with E-state index in [1.807, 2.05) is 0 Å². The minimum atomic E-state index is -1.44. The van der Waals surface area contributed by atoms with Gasteiger partial charge < -0.3 is 19.9 Å². The summed E-state index contributed by atoms with van der Waals surface area (Å²) in [5, 5.41) is 24.1. The Hall–Kier alpha value is -3.62. The van der Waals surface area contributed by atoms with Gasteiger partial charge in [0.15, 0.2) is 11.4 Å². The van der Waals surface area contributed by atoms with Crippen LogP contribution in [0, 0.1) is 0 Å². The highest BCUT2D eigenvalue weighted by Crippen LogP contribution is 2.27. The number of aromatic carboxylic acids is 1. The van der Waals surface area contributed by atoms with E-state index < -0.39 is 23.7 Å². The molecule has 0 fully saturated rings. The van der Waals surface area contributed by atoms with Crippen LogP contribution in [0.3, 0.4) is 0 Å². The van der Waals surface area contributed by atoms with Crippen LogP contribution in [0.2, 0.25) is 0 Å². The molecule has 9 nitrogen and oxygen atoms in total. The molecule has 3 aromatic rings. The SMILES string of the molecule is O=C(Nc1nn(C(=O)O)c2cc(C(=O)O)oc12)c1ccccc1. The first-order valence-electron chi connectivity index (χ1n) is 6.33. The summed E-state index contributed by atoms with van der Waals surface area (Å²) < 4.78 is 5.60. The van der Waals surface area contributed by atoms with E-state index in [2.05, 4.69) is 10.4 Å². The molecule has 0 saturated carbocycles. The number of carbonyl (C=O) groups excluding carboxylic acids is 1. The maximum atomic E-state index is 12.1. The lowest BCUT2D eigenvalue weighted by molar-refractivity contribution is 0.0665. The van der Waals surface area contributed by atoms with Crippen molar-refractivity contribution in [1.82, 2.24) is 9.78 Å². The average Bonchev–Trinajstić information content (AvgIpc) is 3.08. The van der Waals surface area contributed by atoms with Crippen molar-refractivity contribution >= 4 is 34.9 Å². The van der Waals surface area contributed by atoms with Crippen molar-refractivity contribution in [3.8, 4) is 0 Å². The van der Waals surface area contributed by atoms with Gasteiger partial charge in [-0.3, -0.25) is 4.79 Å². The van der Waals surface area contributed by atoms with Gasteiger partial charge in [-0.25, -0.2) is 9.59 Å². The molecule has 2 heterocycles. The summed E-state index contributed by atoms with van der Waals surface area (Å²) in [5.41, 5.74) is 0.128. The molecule has 0 unspecified atom stereocenters. The second-order valence-electron chi connectivity index (χ2n) is 4.49. The Labute approximate surface area is 127 Å². The van der Waals surface area contributed by atoms with E-state index in [4.69, 9.17) is 14.6 Å². The van der Waals surface area contributed by atoms with Gasteiger partial charge in [0, 0.05) is 11.6 Å². The van der Waals surface area contributed by atoms with Crippen molar-refractivity contribution in [2.24, 2.45) is 0 Å². The van der Waals surface area contributed by atoms with Crippen LogP contribution in [0.4, 0.5) is 10.6 Å². The fourth-order valence-electron chi connectivity index (χ4n) is 2.01. The zero-order chi connectivity index (χ0) is 16.6. The van der Waals surface area contributed by atoms with E-state index in [1.165, 1.54) is 0 Å². The Morgan fingerprint density at radius 2 is 1.83 bits per heavy atom. The van der Waals surface area contributed by atoms with Crippen molar-refractivity contribution in [1.29, 1.82) is 0 Å². The van der Waals surface area contributed by atoms with E-state index in [1.54, 1.807) is 30.3 Å². The standard InChI is InChI=1S/C14H9N3O6/c18-12(7-4-2-1-3-5-7)15-11-10-8(17(16-11)14(21)22)6-9(23-10)13(19)20/h1-6H,(H,19,20)(H,21,22)(H,15,16,18). The molecule has 3 N–H and O–H groups in total. The molecule has 3 rings (SSSR count). The maximum absolute atomic E-state index is 12.1. The molecule has 0 radical (unpaired) electrons. The summed E-state index contributed by atoms with van der Waals surface area (Å²) in [6, 6.07) is 9.21. The van der Waals surface area contributed by atoms with Gasteiger partial charge in [-0.15, -0.1) is 5.10 Å². The van der Waals surface area contributed by atoms with Crippen LogP contribution in [0.15, 0.2) is 40.8 Å². The minimum absolute atomic E-state index is 0.0711. The number of fused-ring (bicyclic) bond motifs is 1. The van der Waals surface area contributed by atoms with Crippen molar-refractivity contribution in [3.63, 3.8) is 0 Å². The number of nitrogens with one attached hydrogen (secondary N) is 1. The number of carboxylic acid groups (broad SMARTS) is 2. The largest absolute Gasteiger partial charge is 0.475 e. The molecule has 0 atom stereocenters. The molecule has 0 bridgehead atoms. The molecule has 1 aromatic carbocycles. The molecule has 2 aromatic heterocycles. The molecule has 0 saturated heterocycles. The second-order valence-corrected chi connectivity index (χ2v) is 4.49. The molecule has 23 heavy (non-hydrogen) atoms. The van der Waals surface area contributed by atoms with Crippen LogP contribution in [0.5, 0.6) is 0 Å². The van der Waals surface area contributed by atoms with Crippen molar-refractivity contribution in [2.75, 3.05) is 5.32 Å². The number of nitrogens with zero attached hydrogens (tertiary/aromatic N) is 2. The van der Waals surface area contributed by atoms with Gasteiger partial charge >= 0.3 is 12.1 Å². The fraction of sp³-hybridized carbons (Fsp3) is 0. The van der Waals surface area contributed by atoms with Gasteiger partial charge in [-0.05, 0) is 12.1 Å². The molecule has 1 amide bonds. The first-order chi connectivity index (χ1) is 11.0. The highest BCUT2D eigenvalue weighted by molar-refractivity contribution is 6.08. The zero-order valence-electron chi connectivity index (χ0n) is 11.4. The topological polar surface area (TPSA) is 135 Å². The van der Waals surface area contributed by atoms with Crippen LogP contribution in [-0.2, 0) is 0 Å². The number of carbonyl (C=O) groups is 3. The van der Waals surface area contributed by atoms with Crippen LogP contribution >= 0.6 is 0 Å². The number of furan rings is 1. The van der Waals surface area contributed by atoms with Gasteiger partial charge in [0.2, 0.25) is 5.76 Å². The summed E-state index contributed by atoms with van der Waals surface area (Å²) >= 11 is 0. The maximum Gasteiger partial charge on any atom is 0.432 e. The molecule has 0 spiro atoms. The van der Waals surface area contributed by atoms with Gasteiger partial charge in [0.25, 0.3) is 5.91 Å². The van der Waals surface area contributed by atoms with Gasteiger partial charge in [-0.1, -0.05) is 18.2 Å². The molecular formula is C14H9N3O6. The highest BCUT2D eigenvalue weighted by Gasteiger charge is 2.23. The van der Waals surface area contributed by atoms with Crippen LogP contribution in [0.25, 0.3) is 11.1 Å². The Morgan fingerprint density at radius 3 is 2.43 bits per heavy atom. The van der Waals surface area contributed by atoms with E-state index in [9.17, 15) is 14.4 Å². The van der Waals surface area contributed by atoms with Crippen LogP contribution in [0.1, 0.15) is 20.9 Å². The van der Waals surface area contributed by atoms with E-state index in [0.29, 0.717) is 10.2 Å². The monoisotopic (exact) mass is 315 g/mol. The van der Waals surface area contributed by atoms with Gasteiger partial charge in [0.1, 0.15) is 5.52 Å². The van der Waals surface area contributed by atoms with Crippen LogP contribution in [-0.4, -0.2) is 38.0 Å². The van der Waals surface area contributed by atoms with Crippen molar-refractivity contribution < 1.29 is 29.0 Å². The van der Waals surface area contributed by atoms with E-state index in [0.717, 1.165) is 6.07 Å². The molecular weight excluding hydrogens is 306 g/mol. The third-order valence-corrected chi connectivity index (χ3v) is 3.02. The molecule has 0 aliphatic heterocycles. The summed E-state index contributed by atoms with van der Waals surface area (Å²) in [5.74, 6) is -2.53. The number of aromatic nitrogens is 2. The summed E-state index contributed by atoms with van der Waals surface area (Å²) in [6.07, 6.45) is -1.44. The van der Waals surface area contributed by atoms with Crippen molar-refractivity contribution in [2.45, 2.75) is 0 Å². The summed E-state index contributed by atoms with van der Waals surface area (Å²) in [6.45, 7) is 0. The number of hydrogen-bond acceptors (Lipinski definition) is 5. The first-order valence-corrected chi connectivity index (χ1v) is 6.33. The van der Waals surface area contributed by atoms with E-state index >= 15 is 0 Å². The third-order valence-electron chi connectivity index (χ3n) is 3.02. The average molecular weight is 315 g/mol. The fourth-order valence-corrected chi connectivity index (χ4v) is 2.01. The second kappa shape index (κ2) is 5.30. The Kier molecular flexibility index (Phi) is 3.30. The van der Waals surface area contributed by atoms with Crippen molar-refractivity contribution in [3.05, 3.63) is 47.7 Å². The normalized spacial score (nSPS) is 10.6. The van der Waals surface area contributed by atoms with Gasteiger partial charge in [0.05, 0.1) is 0 Å². The van der Waals surface area contributed by atoms with E-state index in [-0.39, 0.29) is 16.9 Å². The molecule has 116 valence electrons. The summed E-state index contributed by atoms with van der Waals surface area (Å²) in [4.78, 5) is 34.2. The Bertz CT molecular complexity index is 925. The number of rotatable bonds is 3. The predicted octanol–water partition coefficient (Wildman–Crippen LogP) is 2.11. The molecule has 9 heteroatoms. The lowest BCUT2D eigenvalue weighted by atomic mass is 10.2. The lowest BCUT2D eigenvalue weighted by Gasteiger charge is -2.01. The minimum Gasteiger partial charge on any atom is -0.475 e. The number of amides is 1. The van der Waals surface area contributed by atoms with Gasteiger partial charge in [-0.2, -0.15) is 4.68 Å². The Balaban J connectivity index is 2.05. The quantitative estimate of drug-likeness (QED) is 0.673. The number of anilines is 1.